The van der Waals surface area contributed by atoms with Crippen molar-refractivity contribution in [1.29, 1.82) is 0 Å². The first kappa shape index (κ1) is 16.1. The van der Waals surface area contributed by atoms with Crippen LogP contribution in [0.25, 0.3) is 0 Å². The highest BCUT2D eigenvalue weighted by Crippen LogP contribution is 2.22. The Kier molecular flexibility index (Phi) is 5.51. The molecule has 0 fully saturated rings. The predicted octanol–water partition coefficient (Wildman–Crippen LogP) is 1.52. The molecule has 0 amide bonds. The molecule has 0 radical (unpaired) electrons. The van der Waals surface area contributed by atoms with Gasteiger partial charge in [-0.2, -0.15) is 0 Å². The molecule has 0 unspecified atom stereocenters. The Morgan fingerprint density at radius 3 is 2.47 bits per heavy atom. The number of aromatic nitrogens is 2. The fourth-order valence-electron chi connectivity index (χ4n) is 1.34. The van der Waals surface area contributed by atoms with E-state index >= 15 is 0 Å². The number of hydrogen-bond donors (Lipinski definition) is 2. The zero-order chi connectivity index (χ0) is 14.6. The lowest BCUT2D eigenvalue weighted by Crippen LogP contribution is -2.26. The topological polar surface area (TPSA) is 84.0 Å². The van der Waals surface area contributed by atoms with Crippen LogP contribution < -0.4 is 10.0 Å². The monoisotopic (exact) mass is 306 g/mol. The standard InChI is InChI=1S/C11H19ClN4O2S/c1-7(2)10-15-9(12)8(3)11(16-10)14-5-6-19(17,18)13-4/h7,13H,5-6H2,1-4H3,(H,14,15,16). The van der Waals surface area contributed by atoms with Gasteiger partial charge in [-0.25, -0.2) is 23.1 Å². The van der Waals surface area contributed by atoms with Crippen LogP contribution in [0.15, 0.2) is 0 Å². The molecule has 108 valence electrons. The van der Waals surface area contributed by atoms with E-state index in [9.17, 15) is 8.42 Å². The van der Waals surface area contributed by atoms with E-state index in [-0.39, 0.29) is 18.2 Å². The summed E-state index contributed by atoms with van der Waals surface area (Å²) in [5, 5.41) is 3.37. The third-order valence-corrected chi connectivity index (χ3v) is 4.33. The zero-order valence-electron chi connectivity index (χ0n) is 11.5. The largest absolute Gasteiger partial charge is 0.369 e. The molecular weight excluding hydrogens is 288 g/mol. The van der Waals surface area contributed by atoms with Crippen LogP contribution in [0.4, 0.5) is 5.82 Å². The van der Waals surface area contributed by atoms with E-state index in [1.165, 1.54) is 7.05 Å². The number of hydrogen-bond acceptors (Lipinski definition) is 5. The average molecular weight is 307 g/mol. The number of halogens is 1. The third kappa shape index (κ3) is 4.59. The average Bonchev–Trinajstić information content (AvgIpc) is 2.33. The Morgan fingerprint density at radius 2 is 1.95 bits per heavy atom. The van der Waals surface area contributed by atoms with Crippen molar-refractivity contribution >= 4 is 27.4 Å². The molecule has 1 heterocycles. The van der Waals surface area contributed by atoms with Gasteiger partial charge in [-0.3, -0.25) is 0 Å². The summed E-state index contributed by atoms with van der Waals surface area (Å²) in [6, 6.07) is 0. The van der Waals surface area contributed by atoms with Gasteiger partial charge in [-0.1, -0.05) is 25.4 Å². The van der Waals surface area contributed by atoms with Crippen LogP contribution in [0.3, 0.4) is 0 Å². The Morgan fingerprint density at radius 1 is 1.32 bits per heavy atom. The van der Waals surface area contributed by atoms with Crippen molar-refractivity contribution in [2.75, 3.05) is 24.7 Å². The van der Waals surface area contributed by atoms with Gasteiger partial charge in [0.25, 0.3) is 0 Å². The molecule has 0 spiro atoms. The first-order valence-electron chi connectivity index (χ1n) is 5.96. The quantitative estimate of drug-likeness (QED) is 0.779. The second-order valence-electron chi connectivity index (χ2n) is 4.45. The van der Waals surface area contributed by atoms with Gasteiger partial charge in [-0.05, 0) is 14.0 Å². The summed E-state index contributed by atoms with van der Waals surface area (Å²) >= 11 is 6.04. The van der Waals surface area contributed by atoms with Crippen LogP contribution in [0.1, 0.15) is 31.2 Å². The van der Waals surface area contributed by atoms with Crippen molar-refractivity contribution in [3.05, 3.63) is 16.5 Å². The van der Waals surface area contributed by atoms with Crippen molar-refractivity contribution < 1.29 is 8.42 Å². The molecule has 2 N–H and O–H groups in total. The summed E-state index contributed by atoms with van der Waals surface area (Å²) in [6.07, 6.45) is 0. The molecule has 0 bridgehead atoms. The van der Waals surface area contributed by atoms with E-state index in [1.807, 2.05) is 13.8 Å². The van der Waals surface area contributed by atoms with Gasteiger partial charge in [0.2, 0.25) is 10.0 Å². The minimum absolute atomic E-state index is 0.0262. The highest BCUT2D eigenvalue weighted by Gasteiger charge is 2.12. The van der Waals surface area contributed by atoms with E-state index in [2.05, 4.69) is 20.0 Å². The van der Waals surface area contributed by atoms with E-state index in [1.54, 1.807) is 6.92 Å². The van der Waals surface area contributed by atoms with Gasteiger partial charge in [0.1, 0.15) is 16.8 Å². The number of anilines is 1. The van der Waals surface area contributed by atoms with Gasteiger partial charge in [0.15, 0.2) is 0 Å². The van der Waals surface area contributed by atoms with Crippen molar-refractivity contribution in [2.45, 2.75) is 26.7 Å². The molecule has 0 aromatic carbocycles. The normalized spacial score (nSPS) is 11.9. The maximum Gasteiger partial charge on any atom is 0.213 e. The lowest BCUT2D eigenvalue weighted by Gasteiger charge is -2.12. The van der Waals surface area contributed by atoms with Crippen molar-refractivity contribution in [1.82, 2.24) is 14.7 Å². The van der Waals surface area contributed by atoms with Crippen LogP contribution in [-0.4, -0.2) is 37.7 Å². The smallest absolute Gasteiger partial charge is 0.213 e. The molecule has 6 nitrogen and oxygen atoms in total. The summed E-state index contributed by atoms with van der Waals surface area (Å²) in [5.74, 6) is 1.34. The fourth-order valence-corrected chi connectivity index (χ4v) is 2.09. The Hall–Kier alpha value is -0.920. The van der Waals surface area contributed by atoms with Gasteiger partial charge in [0.05, 0.1) is 5.75 Å². The van der Waals surface area contributed by atoms with Crippen LogP contribution in [0, 0.1) is 6.92 Å². The fraction of sp³-hybridized carbons (Fsp3) is 0.636. The zero-order valence-corrected chi connectivity index (χ0v) is 13.1. The van der Waals surface area contributed by atoms with E-state index < -0.39 is 10.0 Å². The lowest BCUT2D eigenvalue weighted by atomic mass is 10.2. The number of sulfonamides is 1. The second-order valence-corrected chi connectivity index (χ2v) is 6.85. The molecule has 1 rings (SSSR count). The van der Waals surface area contributed by atoms with E-state index in [0.717, 1.165) is 0 Å². The van der Waals surface area contributed by atoms with Gasteiger partial charge in [0, 0.05) is 18.0 Å². The first-order chi connectivity index (χ1) is 8.76. The minimum Gasteiger partial charge on any atom is -0.369 e. The molecule has 0 aliphatic rings. The highest BCUT2D eigenvalue weighted by molar-refractivity contribution is 7.89. The van der Waals surface area contributed by atoms with Crippen molar-refractivity contribution in [2.24, 2.45) is 0 Å². The van der Waals surface area contributed by atoms with E-state index in [0.29, 0.717) is 22.4 Å². The first-order valence-corrected chi connectivity index (χ1v) is 7.99. The molecule has 1 aromatic heterocycles. The molecule has 19 heavy (non-hydrogen) atoms. The summed E-state index contributed by atoms with van der Waals surface area (Å²) in [6.45, 7) is 5.99. The lowest BCUT2D eigenvalue weighted by molar-refractivity contribution is 0.588. The SMILES string of the molecule is CNS(=O)(=O)CCNc1nc(C(C)C)nc(Cl)c1C. The second kappa shape index (κ2) is 6.49. The highest BCUT2D eigenvalue weighted by atomic mass is 35.5. The number of rotatable bonds is 6. The maximum absolute atomic E-state index is 11.3. The van der Waals surface area contributed by atoms with Crippen molar-refractivity contribution in [3.8, 4) is 0 Å². The Bertz CT molecular complexity index is 546. The molecule has 0 saturated heterocycles. The van der Waals surface area contributed by atoms with Crippen LogP contribution in [0.2, 0.25) is 5.15 Å². The maximum atomic E-state index is 11.3. The predicted molar refractivity (Wildman–Crippen MR) is 77.2 cm³/mol. The summed E-state index contributed by atoms with van der Waals surface area (Å²) in [4.78, 5) is 8.55. The number of nitrogens with one attached hydrogen (secondary N) is 2. The molecule has 0 saturated carbocycles. The Balaban J connectivity index is 2.83. The molecule has 0 aliphatic carbocycles. The van der Waals surface area contributed by atoms with Crippen LogP contribution in [0.5, 0.6) is 0 Å². The summed E-state index contributed by atoms with van der Waals surface area (Å²) < 4.78 is 24.9. The van der Waals surface area contributed by atoms with Gasteiger partial charge < -0.3 is 5.32 Å². The van der Waals surface area contributed by atoms with Crippen molar-refractivity contribution in [3.63, 3.8) is 0 Å². The molecule has 1 aromatic rings. The number of nitrogens with zero attached hydrogens (tertiary/aromatic N) is 2. The molecule has 0 atom stereocenters. The minimum atomic E-state index is -3.23. The van der Waals surface area contributed by atoms with E-state index in [4.69, 9.17) is 11.6 Å². The molecular formula is C11H19ClN4O2S. The molecule has 8 heteroatoms. The van der Waals surface area contributed by atoms with Crippen LogP contribution in [-0.2, 0) is 10.0 Å². The van der Waals surface area contributed by atoms with Crippen LogP contribution >= 0.6 is 11.6 Å². The van der Waals surface area contributed by atoms with Gasteiger partial charge >= 0.3 is 0 Å². The third-order valence-electron chi connectivity index (χ3n) is 2.59. The summed E-state index contributed by atoms with van der Waals surface area (Å²) in [5.41, 5.74) is 0.716. The molecule has 0 aliphatic heterocycles. The van der Waals surface area contributed by atoms with Gasteiger partial charge in [-0.15, -0.1) is 0 Å². The summed E-state index contributed by atoms with van der Waals surface area (Å²) in [7, 11) is -1.84. The Labute approximate surface area is 119 Å².